The number of hydrogen-bond donors (Lipinski definition) is 2. The van der Waals surface area contributed by atoms with Gasteiger partial charge in [-0.15, -0.1) is 0 Å². The highest BCUT2D eigenvalue weighted by atomic mass is 16.5. The van der Waals surface area contributed by atoms with E-state index in [-0.39, 0.29) is 12.1 Å². The second-order valence-electron chi connectivity index (χ2n) is 3.40. The largest absolute Gasteiger partial charge is 0.472 e. The van der Waals surface area contributed by atoms with Gasteiger partial charge in [0.1, 0.15) is 11.5 Å². The summed E-state index contributed by atoms with van der Waals surface area (Å²) < 4.78 is 10.6. The highest BCUT2D eigenvalue weighted by molar-refractivity contribution is 5.80. The van der Waals surface area contributed by atoms with Gasteiger partial charge in [0.2, 0.25) is 11.8 Å². The lowest BCUT2D eigenvalue weighted by atomic mass is 10.4. The number of rotatable bonds is 4. The number of fused-ring (bicyclic) bond motifs is 1. The molecule has 0 saturated carbocycles. The van der Waals surface area contributed by atoms with Crippen LogP contribution in [0.25, 0.3) is 11.0 Å². The lowest BCUT2D eigenvalue weighted by Gasteiger charge is -2.13. The minimum Gasteiger partial charge on any atom is -0.472 e. The van der Waals surface area contributed by atoms with Gasteiger partial charge in [0, 0.05) is 7.11 Å². The first-order valence-electron chi connectivity index (χ1n) is 4.83. The Balaban J connectivity index is 2.31. The number of H-pyrrole nitrogens is 1. The SMILES string of the molecule is COCC(C)Oc1nc(N)nc2[nH]ncc12. The van der Waals surface area contributed by atoms with E-state index >= 15 is 0 Å². The molecule has 0 spiro atoms. The van der Waals surface area contributed by atoms with Crippen molar-refractivity contribution in [3.05, 3.63) is 6.20 Å². The van der Waals surface area contributed by atoms with E-state index in [2.05, 4.69) is 20.2 Å². The van der Waals surface area contributed by atoms with E-state index in [1.54, 1.807) is 13.3 Å². The average molecular weight is 223 g/mol. The molecule has 1 atom stereocenters. The second-order valence-corrected chi connectivity index (χ2v) is 3.40. The molecule has 3 N–H and O–H groups in total. The van der Waals surface area contributed by atoms with E-state index in [1.165, 1.54) is 0 Å². The number of aromatic amines is 1. The van der Waals surface area contributed by atoms with Crippen LogP contribution in [0.1, 0.15) is 6.92 Å². The number of nitrogens with two attached hydrogens (primary N) is 1. The summed E-state index contributed by atoms with van der Waals surface area (Å²) in [6.07, 6.45) is 1.49. The molecular formula is C9H13N5O2. The van der Waals surface area contributed by atoms with Crippen molar-refractivity contribution in [2.45, 2.75) is 13.0 Å². The van der Waals surface area contributed by atoms with Crippen LogP contribution < -0.4 is 10.5 Å². The van der Waals surface area contributed by atoms with Gasteiger partial charge >= 0.3 is 0 Å². The van der Waals surface area contributed by atoms with Crippen LogP contribution in [0.2, 0.25) is 0 Å². The van der Waals surface area contributed by atoms with E-state index < -0.39 is 0 Å². The van der Waals surface area contributed by atoms with Gasteiger partial charge in [-0.1, -0.05) is 0 Å². The summed E-state index contributed by atoms with van der Waals surface area (Å²) in [6.45, 7) is 2.36. The van der Waals surface area contributed by atoms with E-state index in [0.29, 0.717) is 23.5 Å². The van der Waals surface area contributed by atoms with Crippen molar-refractivity contribution in [3.8, 4) is 5.88 Å². The van der Waals surface area contributed by atoms with Gasteiger partial charge in [-0.2, -0.15) is 15.1 Å². The van der Waals surface area contributed by atoms with Crippen LogP contribution >= 0.6 is 0 Å². The Morgan fingerprint density at radius 2 is 2.31 bits per heavy atom. The van der Waals surface area contributed by atoms with Crippen LogP contribution in [0.4, 0.5) is 5.95 Å². The first-order valence-corrected chi connectivity index (χ1v) is 4.83. The fraction of sp³-hybridized carbons (Fsp3) is 0.444. The quantitative estimate of drug-likeness (QED) is 0.775. The molecule has 0 aliphatic rings. The lowest BCUT2D eigenvalue weighted by molar-refractivity contribution is 0.0902. The molecule has 0 saturated heterocycles. The summed E-state index contributed by atoms with van der Waals surface area (Å²) >= 11 is 0. The zero-order valence-corrected chi connectivity index (χ0v) is 9.10. The lowest BCUT2D eigenvalue weighted by Crippen LogP contribution is -2.19. The predicted octanol–water partition coefficient (Wildman–Crippen LogP) is 0.349. The highest BCUT2D eigenvalue weighted by Gasteiger charge is 2.12. The maximum Gasteiger partial charge on any atom is 0.229 e. The monoisotopic (exact) mass is 223 g/mol. The number of ether oxygens (including phenoxy) is 2. The molecule has 7 heteroatoms. The summed E-state index contributed by atoms with van der Waals surface area (Å²) in [4.78, 5) is 8.01. The van der Waals surface area contributed by atoms with Crippen molar-refractivity contribution < 1.29 is 9.47 Å². The van der Waals surface area contributed by atoms with Crippen molar-refractivity contribution in [3.63, 3.8) is 0 Å². The van der Waals surface area contributed by atoms with Gasteiger partial charge in [0.05, 0.1) is 12.8 Å². The van der Waals surface area contributed by atoms with Crippen LogP contribution in [0.5, 0.6) is 5.88 Å². The minimum atomic E-state index is -0.114. The molecule has 0 aliphatic carbocycles. The Morgan fingerprint density at radius 3 is 3.06 bits per heavy atom. The molecule has 2 heterocycles. The molecule has 1 unspecified atom stereocenters. The third-order valence-electron chi connectivity index (χ3n) is 2.01. The average Bonchev–Trinajstić information content (AvgIpc) is 2.65. The number of nitrogen functional groups attached to an aromatic ring is 1. The molecule has 0 aliphatic heterocycles. The van der Waals surface area contributed by atoms with Gasteiger partial charge in [0.15, 0.2) is 5.65 Å². The highest BCUT2D eigenvalue weighted by Crippen LogP contribution is 2.21. The fourth-order valence-electron chi connectivity index (χ4n) is 1.37. The van der Waals surface area contributed by atoms with Crippen LogP contribution in [-0.4, -0.2) is 40.0 Å². The molecular weight excluding hydrogens is 210 g/mol. The number of methoxy groups -OCH3 is 1. The Kier molecular flexibility index (Phi) is 2.86. The standard InChI is InChI=1S/C9H13N5O2/c1-5(4-15-2)16-8-6-3-11-14-7(6)12-9(10)13-8/h3,5H,4H2,1-2H3,(H3,10,11,12,13,14). The Labute approximate surface area is 92.0 Å². The number of nitrogens with zero attached hydrogens (tertiary/aromatic N) is 3. The van der Waals surface area contributed by atoms with E-state index in [9.17, 15) is 0 Å². The van der Waals surface area contributed by atoms with Crippen molar-refractivity contribution >= 4 is 17.0 Å². The summed E-state index contributed by atoms with van der Waals surface area (Å²) in [5.41, 5.74) is 6.11. The van der Waals surface area contributed by atoms with Crippen LogP contribution in [-0.2, 0) is 4.74 Å². The van der Waals surface area contributed by atoms with Gasteiger partial charge in [-0.25, -0.2) is 0 Å². The van der Waals surface area contributed by atoms with E-state index in [0.717, 1.165) is 0 Å². The van der Waals surface area contributed by atoms with Gasteiger partial charge < -0.3 is 15.2 Å². The molecule has 2 aromatic rings. The predicted molar refractivity (Wildman–Crippen MR) is 58.1 cm³/mol. The van der Waals surface area contributed by atoms with Crippen LogP contribution in [0.3, 0.4) is 0 Å². The first kappa shape index (κ1) is 10.6. The van der Waals surface area contributed by atoms with E-state index in [1.807, 2.05) is 6.92 Å². The second kappa shape index (κ2) is 4.31. The third-order valence-corrected chi connectivity index (χ3v) is 2.01. The van der Waals surface area contributed by atoms with E-state index in [4.69, 9.17) is 15.2 Å². The molecule has 2 rings (SSSR count). The van der Waals surface area contributed by atoms with Crippen molar-refractivity contribution in [1.29, 1.82) is 0 Å². The zero-order valence-electron chi connectivity index (χ0n) is 9.10. The Morgan fingerprint density at radius 1 is 1.50 bits per heavy atom. The molecule has 0 bridgehead atoms. The summed E-state index contributed by atoms with van der Waals surface area (Å²) in [6, 6.07) is 0. The first-order chi connectivity index (χ1) is 7.70. The molecule has 16 heavy (non-hydrogen) atoms. The molecule has 86 valence electrons. The van der Waals surface area contributed by atoms with Crippen molar-refractivity contribution in [2.24, 2.45) is 0 Å². The fourth-order valence-corrected chi connectivity index (χ4v) is 1.37. The molecule has 0 aromatic carbocycles. The molecule has 2 aromatic heterocycles. The zero-order chi connectivity index (χ0) is 11.5. The number of nitrogens with one attached hydrogen (secondary N) is 1. The molecule has 0 amide bonds. The van der Waals surface area contributed by atoms with Gasteiger partial charge in [0.25, 0.3) is 0 Å². The number of aromatic nitrogens is 4. The number of anilines is 1. The Hall–Kier alpha value is -1.89. The normalized spacial score (nSPS) is 12.9. The smallest absolute Gasteiger partial charge is 0.229 e. The van der Waals surface area contributed by atoms with Gasteiger partial charge in [-0.3, -0.25) is 5.10 Å². The maximum atomic E-state index is 5.59. The Bertz CT molecular complexity index is 484. The molecule has 7 nitrogen and oxygen atoms in total. The maximum absolute atomic E-state index is 5.59. The summed E-state index contributed by atoms with van der Waals surface area (Å²) in [5, 5.41) is 7.28. The summed E-state index contributed by atoms with van der Waals surface area (Å²) in [7, 11) is 1.61. The molecule has 0 fully saturated rings. The third kappa shape index (κ3) is 2.03. The number of hydrogen-bond acceptors (Lipinski definition) is 6. The topological polar surface area (TPSA) is 98.9 Å². The summed E-state index contributed by atoms with van der Waals surface area (Å²) in [5.74, 6) is 0.567. The molecule has 0 radical (unpaired) electrons. The van der Waals surface area contributed by atoms with Crippen LogP contribution in [0, 0.1) is 0 Å². The van der Waals surface area contributed by atoms with Crippen molar-refractivity contribution in [1.82, 2.24) is 20.2 Å². The van der Waals surface area contributed by atoms with Crippen molar-refractivity contribution in [2.75, 3.05) is 19.5 Å². The minimum absolute atomic E-state index is 0.114. The van der Waals surface area contributed by atoms with Gasteiger partial charge in [-0.05, 0) is 6.92 Å². The van der Waals surface area contributed by atoms with Crippen LogP contribution in [0.15, 0.2) is 6.20 Å².